The van der Waals surface area contributed by atoms with Crippen LogP contribution in [0.25, 0.3) is 0 Å². The summed E-state index contributed by atoms with van der Waals surface area (Å²) in [4.78, 5) is 12.8. The Bertz CT molecular complexity index is 205. The molecule has 1 N–H and O–H groups in total. The highest BCUT2D eigenvalue weighted by molar-refractivity contribution is 5.76. The van der Waals surface area contributed by atoms with Gasteiger partial charge in [-0.2, -0.15) is 0 Å². The number of nitrogens with one attached hydrogen (secondary N) is 1. The van der Waals surface area contributed by atoms with Crippen LogP contribution in [0.15, 0.2) is 12.3 Å². The SMILES string of the molecule is COc1cc[nH]c1C=O. The van der Waals surface area contributed by atoms with Crippen molar-refractivity contribution in [3.05, 3.63) is 18.0 Å². The standard InChI is InChI=1S/C6H7NO2/c1-9-6-2-3-7-5(6)4-8/h2-4,7H,1H3. The average Bonchev–Trinajstić information content (AvgIpc) is 2.33. The third kappa shape index (κ3) is 0.937. The van der Waals surface area contributed by atoms with Crippen LogP contribution in [-0.4, -0.2) is 18.4 Å². The third-order valence-corrected chi connectivity index (χ3v) is 1.08. The fourth-order valence-electron chi connectivity index (χ4n) is 0.638. The summed E-state index contributed by atoms with van der Waals surface area (Å²) in [5.41, 5.74) is 0.484. The number of aldehydes is 1. The first-order chi connectivity index (χ1) is 4.38. The van der Waals surface area contributed by atoms with Crippen LogP contribution < -0.4 is 4.74 Å². The molecule has 0 spiro atoms. The number of hydrogen-bond donors (Lipinski definition) is 1. The van der Waals surface area contributed by atoms with E-state index in [2.05, 4.69) is 4.98 Å². The number of methoxy groups -OCH3 is 1. The van der Waals surface area contributed by atoms with Crippen LogP contribution in [-0.2, 0) is 0 Å². The van der Waals surface area contributed by atoms with Gasteiger partial charge in [0.2, 0.25) is 0 Å². The lowest BCUT2D eigenvalue weighted by Crippen LogP contribution is -1.85. The smallest absolute Gasteiger partial charge is 0.170 e. The molecule has 1 heterocycles. The zero-order valence-corrected chi connectivity index (χ0v) is 5.05. The highest BCUT2D eigenvalue weighted by atomic mass is 16.5. The van der Waals surface area contributed by atoms with Crippen molar-refractivity contribution in [3.8, 4) is 5.75 Å². The second-order valence-electron chi connectivity index (χ2n) is 1.58. The minimum atomic E-state index is 0.484. The fraction of sp³-hybridized carbons (Fsp3) is 0.167. The molecule has 0 aliphatic rings. The molecule has 1 rings (SSSR count). The molecule has 0 bridgehead atoms. The summed E-state index contributed by atoms with van der Waals surface area (Å²) in [6.07, 6.45) is 2.38. The third-order valence-electron chi connectivity index (χ3n) is 1.08. The van der Waals surface area contributed by atoms with Gasteiger partial charge in [0, 0.05) is 6.20 Å². The van der Waals surface area contributed by atoms with E-state index in [9.17, 15) is 4.79 Å². The first-order valence-electron chi connectivity index (χ1n) is 2.55. The van der Waals surface area contributed by atoms with E-state index in [0.29, 0.717) is 11.4 Å². The number of aromatic nitrogens is 1. The van der Waals surface area contributed by atoms with Gasteiger partial charge in [0.05, 0.1) is 7.11 Å². The molecule has 0 aliphatic carbocycles. The molecule has 1 aromatic heterocycles. The molecule has 0 unspecified atom stereocenters. The molecule has 0 aromatic carbocycles. The zero-order chi connectivity index (χ0) is 6.69. The van der Waals surface area contributed by atoms with Crippen molar-refractivity contribution in [2.45, 2.75) is 0 Å². The molecule has 0 radical (unpaired) electrons. The van der Waals surface area contributed by atoms with Crippen LogP contribution in [0, 0.1) is 0 Å². The van der Waals surface area contributed by atoms with Gasteiger partial charge in [-0.1, -0.05) is 0 Å². The Balaban J connectivity index is 2.98. The summed E-state index contributed by atoms with van der Waals surface area (Å²) in [5.74, 6) is 0.588. The summed E-state index contributed by atoms with van der Waals surface area (Å²) in [5, 5.41) is 0. The number of hydrogen-bond acceptors (Lipinski definition) is 2. The van der Waals surface area contributed by atoms with E-state index in [1.807, 2.05) is 0 Å². The molecule has 0 fully saturated rings. The van der Waals surface area contributed by atoms with E-state index in [1.54, 1.807) is 12.3 Å². The lowest BCUT2D eigenvalue weighted by molar-refractivity contribution is 0.111. The van der Waals surface area contributed by atoms with Crippen LogP contribution in [0.4, 0.5) is 0 Å². The van der Waals surface area contributed by atoms with Gasteiger partial charge in [0.1, 0.15) is 11.4 Å². The predicted molar refractivity (Wildman–Crippen MR) is 32.7 cm³/mol. The van der Waals surface area contributed by atoms with Gasteiger partial charge in [-0.05, 0) is 6.07 Å². The van der Waals surface area contributed by atoms with Gasteiger partial charge in [0.15, 0.2) is 6.29 Å². The van der Waals surface area contributed by atoms with E-state index in [0.717, 1.165) is 6.29 Å². The molecule has 3 heteroatoms. The second kappa shape index (κ2) is 2.35. The van der Waals surface area contributed by atoms with E-state index in [1.165, 1.54) is 7.11 Å². The number of H-pyrrole nitrogens is 1. The summed E-state index contributed by atoms with van der Waals surface area (Å²) in [6.45, 7) is 0. The Morgan fingerprint density at radius 3 is 3.00 bits per heavy atom. The molecule has 3 nitrogen and oxygen atoms in total. The predicted octanol–water partition coefficient (Wildman–Crippen LogP) is 0.836. The number of ether oxygens (including phenoxy) is 1. The van der Waals surface area contributed by atoms with Crippen molar-refractivity contribution >= 4 is 6.29 Å². The summed E-state index contributed by atoms with van der Waals surface area (Å²) in [6, 6.07) is 1.70. The minimum Gasteiger partial charge on any atom is -0.494 e. The maximum absolute atomic E-state index is 10.1. The highest BCUT2D eigenvalue weighted by Crippen LogP contribution is 2.12. The number of aromatic amines is 1. The summed E-state index contributed by atoms with van der Waals surface area (Å²) in [7, 11) is 1.52. The molecule has 0 saturated carbocycles. The Morgan fingerprint density at radius 1 is 1.78 bits per heavy atom. The zero-order valence-electron chi connectivity index (χ0n) is 5.05. The van der Waals surface area contributed by atoms with Crippen LogP contribution in [0.1, 0.15) is 10.5 Å². The Labute approximate surface area is 52.6 Å². The Kier molecular flexibility index (Phi) is 1.53. The van der Waals surface area contributed by atoms with Crippen molar-refractivity contribution in [1.82, 2.24) is 4.98 Å². The molecule has 48 valence electrons. The van der Waals surface area contributed by atoms with Gasteiger partial charge in [-0.3, -0.25) is 4.79 Å². The maximum atomic E-state index is 10.1. The highest BCUT2D eigenvalue weighted by Gasteiger charge is 1.98. The monoisotopic (exact) mass is 125 g/mol. The first kappa shape index (κ1) is 5.88. The summed E-state index contributed by atoms with van der Waals surface area (Å²) >= 11 is 0. The molecule has 0 aliphatic heterocycles. The molecular formula is C6H7NO2. The van der Waals surface area contributed by atoms with E-state index < -0.39 is 0 Å². The van der Waals surface area contributed by atoms with E-state index in [-0.39, 0.29) is 0 Å². The fourth-order valence-corrected chi connectivity index (χ4v) is 0.638. The number of carbonyl (C=O) groups is 1. The summed E-state index contributed by atoms with van der Waals surface area (Å²) < 4.78 is 4.81. The average molecular weight is 125 g/mol. The van der Waals surface area contributed by atoms with Crippen LogP contribution in [0.5, 0.6) is 5.75 Å². The Hall–Kier alpha value is -1.25. The van der Waals surface area contributed by atoms with E-state index >= 15 is 0 Å². The molecular weight excluding hydrogens is 118 g/mol. The van der Waals surface area contributed by atoms with Crippen LogP contribution in [0.2, 0.25) is 0 Å². The number of carbonyl (C=O) groups excluding carboxylic acids is 1. The largest absolute Gasteiger partial charge is 0.494 e. The van der Waals surface area contributed by atoms with Crippen molar-refractivity contribution in [3.63, 3.8) is 0 Å². The van der Waals surface area contributed by atoms with Crippen molar-refractivity contribution in [2.24, 2.45) is 0 Å². The van der Waals surface area contributed by atoms with Gasteiger partial charge < -0.3 is 9.72 Å². The van der Waals surface area contributed by atoms with Crippen molar-refractivity contribution in [2.75, 3.05) is 7.11 Å². The minimum absolute atomic E-state index is 0.484. The molecule has 0 amide bonds. The van der Waals surface area contributed by atoms with Crippen molar-refractivity contribution < 1.29 is 9.53 Å². The van der Waals surface area contributed by atoms with E-state index in [4.69, 9.17) is 4.74 Å². The van der Waals surface area contributed by atoms with Crippen LogP contribution >= 0.6 is 0 Å². The molecule has 9 heavy (non-hydrogen) atoms. The maximum Gasteiger partial charge on any atom is 0.170 e. The first-order valence-corrected chi connectivity index (χ1v) is 2.55. The topological polar surface area (TPSA) is 42.1 Å². The van der Waals surface area contributed by atoms with Gasteiger partial charge in [0.25, 0.3) is 0 Å². The molecule has 0 atom stereocenters. The van der Waals surface area contributed by atoms with Gasteiger partial charge in [-0.25, -0.2) is 0 Å². The quantitative estimate of drug-likeness (QED) is 0.595. The Morgan fingerprint density at radius 2 is 2.56 bits per heavy atom. The lowest BCUT2D eigenvalue weighted by Gasteiger charge is -1.92. The van der Waals surface area contributed by atoms with Gasteiger partial charge >= 0.3 is 0 Å². The lowest BCUT2D eigenvalue weighted by atomic mass is 10.4. The van der Waals surface area contributed by atoms with Crippen LogP contribution in [0.3, 0.4) is 0 Å². The van der Waals surface area contributed by atoms with Gasteiger partial charge in [-0.15, -0.1) is 0 Å². The second-order valence-corrected chi connectivity index (χ2v) is 1.58. The molecule has 0 saturated heterocycles. The van der Waals surface area contributed by atoms with Crippen molar-refractivity contribution in [1.29, 1.82) is 0 Å². The molecule has 1 aromatic rings. The normalized spacial score (nSPS) is 9.00. The number of rotatable bonds is 2.